The molecule has 0 heterocycles. The summed E-state index contributed by atoms with van der Waals surface area (Å²) < 4.78 is 0. The highest BCUT2D eigenvalue weighted by Gasteiger charge is 1.65. The highest BCUT2D eigenvalue weighted by molar-refractivity contribution is 7.59. The summed E-state index contributed by atoms with van der Waals surface area (Å²) in [5.41, 5.74) is 0. The van der Waals surface area contributed by atoms with Crippen LogP contribution in [0.1, 0.15) is 6.92 Å². The van der Waals surface area contributed by atoms with E-state index in [0.717, 1.165) is 6.92 Å². The molecule has 0 spiro atoms. The molecule has 0 radical (unpaired) electrons. The molecule has 1 aromatic carbocycles. The van der Waals surface area contributed by atoms with Crippen molar-refractivity contribution in [2.45, 2.75) is 6.92 Å². The minimum atomic E-state index is -0.833. The Morgan fingerprint density at radius 3 is 1.18 bits per heavy atom. The van der Waals surface area contributed by atoms with Crippen molar-refractivity contribution in [3.63, 3.8) is 0 Å². The average molecular weight is 172 g/mol. The second-order valence-electron chi connectivity index (χ2n) is 1.67. The second kappa shape index (κ2) is 9.04. The Morgan fingerprint density at radius 1 is 1.00 bits per heavy atom. The minimum absolute atomic E-state index is 0. The zero-order chi connectivity index (χ0) is 7.82. The fourth-order valence-corrected chi connectivity index (χ4v) is 0.385. The van der Waals surface area contributed by atoms with Gasteiger partial charge < -0.3 is 5.11 Å². The van der Waals surface area contributed by atoms with E-state index in [0.29, 0.717) is 0 Å². The van der Waals surface area contributed by atoms with Crippen LogP contribution in [0.15, 0.2) is 36.4 Å². The Kier molecular flexibility index (Phi) is 10.4. The summed E-state index contributed by atoms with van der Waals surface area (Å²) in [6.45, 7) is 1.08. The van der Waals surface area contributed by atoms with E-state index < -0.39 is 5.97 Å². The number of carboxylic acids is 1. The standard InChI is InChI=1S/C6H6.C2H4O2.H2S/c1-2-4-6-5-3-1;1-2(3)4;/h1-6H;1H3,(H,3,4);1H2. The molecule has 11 heavy (non-hydrogen) atoms. The monoisotopic (exact) mass is 172 g/mol. The lowest BCUT2D eigenvalue weighted by Crippen LogP contribution is -1.78. The number of rotatable bonds is 0. The number of carboxylic acid groups (broad SMARTS) is 1. The second-order valence-corrected chi connectivity index (χ2v) is 1.67. The van der Waals surface area contributed by atoms with Crippen molar-refractivity contribution in [1.29, 1.82) is 0 Å². The molecule has 1 N–H and O–H groups in total. The zero-order valence-electron chi connectivity index (χ0n) is 6.32. The van der Waals surface area contributed by atoms with Crippen molar-refractivity contribution in [3.8, 4) is 0 Å². The predicted octanol–water partition coefficient (Wildman–Crippen LogP) is 1.89. The first kappa shape index (κ1) is 12.7. The molecule has 0 saturated carbocycles. The van der Waals surface area contributed by atoms with Crippen LogP contribution in [-0.2, 0) is 4.79 Å². The maximum absolute atomic E-state index is 9.00. The van der Waals surface area contributed by atoms with Crippen LogP contribution in [0.5, 0.6) is 0 Å². The van der Waals surface area contributed by atoms with Crippen LogP contribution in [-0.4, -0.2) is 11.1 Å². The van der Waals surface area contributed by atoms with Crippen molar-refractivity contribution in [1.82, 2.24) is 0 Å². The molecule has 0 bridgehead atoms. The van der Waals surface area contributed by atoms with Gasteiger partial charge in [-0.1, -0.05) is 36.4 Å². The van der Waals surface area contributed by atoms with Gasteiger partial charge in [0.25, 0.3) is 5.97 Å². The molecule has 0 fully saturated rings. The van der Waals surface area contributed by atoms with Gasteiger partial charge in [0, 0.05) is 6.92 Å². The van der Waals surface area contributed by atoms with Crippen LogP contribution in [0.4, 0.5) is 0 Å². The number of aliphatic carboxylic acids is 1. The molecule has 0 aliphatic rings. The van der Waals surface area contributed by atoms with Crippen LogP contribution in [0.2, 0.25) is 0 Å². The molecule has 3 heteroatoms. The number of hydrogen-bond donors (Lipinski definition) is 1. The summed E-state index contributed by atoms with van der Waals surface area (Å²) in [5.74, 6) is -0.833. The summed E-state index contributed by atoms with van der Waals surface area (Å²) in [5, 5.41) is 7.42. The van der Waals surface area contributed by atoms with Crippen LogP contribution >= 0.6 is 13.5 Å². The van der Waals surface area contributed by atoms with Gasteiger partial charge in [0.2, 0.25) is 0 Å². The van der Waals surface area contributed by atoms with Crippen molar-refractivity contribution < 1.29 is 9.90 Å². The van der Waals surface area contributed by atoms with E-state index in [9.17, 15) is 0 Å². The summed E-state index contributed by atoms with van der Waals surface area (Å²) in [6.07, 6.45) is 0. The lowest BCUT2D eigenvalue weighted by molar-refractivity contribution is -0.134. The summed E-state index contributed by atoms with van der Waals surface area (Å²) >= 11 is 0. The Hall–Kier alpha value is -0.960. The molecule has 0 atom stereocenters. The highest BCUT2D eigenvalue weighted by atomic mass is 32.1. The van der Waals surface area contributed by atoms with Crippen LogP contribution in [0.25, 0.3) is 0 Å². The fourth-order valence-electron chi connectivity index (χ4n) is 0.385. The maximum Gasteiger partial charge on any atom is 0.300 e. The van der Waals surface area contributed by atoms with E-state index in [1.54, 1.807) is 0 Å². The third-order valence-corrected chi connectivity index (χ3v) is 0.667. The zero-order valence-corrected chi connectivity index (χ0v) is 7.32. The summed E-state index contributed by atoms with van der Waals surface area (Å²) in [7, 11) is 0. The molecule has 0 aliphatic heterocycles. The van der Waals surface area contributed by atoms with E-state index in [2.05, 4.69) is 0 Å². The minimum Gasteiger partial charge on any atom is -0.481 e. The Balaban J connectivity index is 0. The lowest BCUT2D eigenvalue weighted by Gasteiger charge is -1.69. The first-order chi connectivity index (χ1) is 4.73. The molecule has 2 nitrogen and oxygen atoms in total. The maximum atomic E-state index is 9.00. The van der Waals surface area contributed by atoms with Gasteiger partial charge in [-0.15, -0.1) is 0 Å². The van der Waals surface area contributed by atoms with Crippen LogP contribution in [0.3, 0.4) is 0 Å². The lowest BCUT2D eigenvalue weighted by atomic mass is 10.4. The number of hydrogen-bond acceptors (Lipinski definition) is 1. The van der Waals surface area contributed by atoms with Gasteiger partial charge in [-0.3, -0.25) is 4.79 Å². The van der Waals surface area contributed by atoms with Crippen LogP contribution < -0.4 is 0 Å². The molecular weight excluding hydrogens is 160 g/mol. The Labute approximate surface area is 73.3 Å². The quantitative estimate of drug-likeness (QED) is 0.649. The third-order valence-electron chi connectivity index (χ3n) is 0.667. The summed E-state index contributed by atoms with van der Waals surface area (Å²) in [4.78, 5) is 9.00. The van der Waals surface area contributed by atoms with Gasteiger partial charge in [-0.25, -0.2) is 0 Å². The van der Waals surface area contributed by atoms with Gasteiger partial charge in [0.1, 0.15) is 0 Å². The molecule has 62 valence electrons. The van der Waals surface area contributed by atoms with Gasteiger partial charge in [-0.2, -0.15) is 13.5 Å². The van der Waals surface area contributed by atoms with E-state index in [1.165, 1.54) is 0 Å². The molecule has 0 unspecified atom stereocenters. The Morgan fingerprint density at radius 2 is 1.09 bits per heavy atom. The number of carbonyl (C=O) groups is 1. The largest absolute Gasteiger partial charge is 0.481 e. The van der Waals surface area contributed by atoms with Gasteiger partial charge >= 0.3 is 0 Å². The Bertz CT molecular complexity index is 144. The fraction of sp³-hybridized carbons (Fsp3) is 0.125. The van der Waals surface area contributed by atoms with Crippen LogP contribution in [0, 0.1) is 0 Å². The normalized spacial score (nSPS) is 6.64. The molecule has 0 saturated heterocycles. The SMILES string of the molecule is CC(=O)O.S.c1ccccc1. The van der Waals surface area contributed by atoms with Crippen molar-refractivity contribution >= 4 is 19.5 Å². The average Bonchev–Trinajstić information content (AvgIpc) is 1.90. The van der Waals surface area contributed by atoms with Gasteiger partial charge in [-0.05, 0) is 0 Å². The molecule has 0 aromatic heterocycles. The van der Waals surface area contributed by atoms with Crippen molar-refractivity contribution in [2.75, 3.05) is 0 Å². The van der Waals surface area contributed by atoms with Crippen molar-refractivity contribution in [2.24, 2.45) is 0 Å². The molecule has 1 rings (SSSR count). The van der Waals surface area contributed by atoms with E-state index >= 15 is 0 Å². The topological polar surface area (TPSA) is 37.3 Å². The molecule has 1 aromatic rings. The van der Waals surface area contributed by atoms with E-state index in [1.807, 2.05) is 36.4 Å². The smallest absolute Gasteiger partial charge is 0.300 e. The first-order valence-electron chi connectivity index (χ1n) is 2.93. The third kappa shape index (κ3) is 17.6. The highest BCUT2D eigenvalue weighted by Crippen LogP contribution is 1.79. The molecular formula is C8H12O2S. The van der Waals surface area contributed by atoms with E-state index in [4.69, 9.17) is 9.90 Å². The molecule has 0 aliphatic carbocycles. The predicted molar refractivity (Wildman–Crippen MR) is 50.1 cm³/mol. The van der Waals surface area contributed by atoms with Crippen molar-refractivity contribution in [3.05, 3.63) is 36.4 Å². The summed E-state index contributed by atoms with van der Waals surface area (Å²) in [6, 6.07) is 12.0. The first-order valence-corrected chi connectivity index (χ1v) is 2.93. The van der Waals surface area contributed by atoms with Gasteiger partial charge in [0.05, 0.1) is 0 Å². The number of benzene rings is 1. The van der Waals surface area contributed by atoms with Gasteiger partial charge in [0.15, 0.2) is 0 Å². The molecule has 0 amide bonds. The van der Waals surface area contributed by atoms with E-state index in [-0.39, 0.29) is 13.5 Å².